The van der Waals surface area contributed by atoms with Crippen molar-refractivity contribution in [2.75, 3.05) is 13.2 Å². The van der Waals surface area contributed by atoms with Crippen LogP contribution in [0.4, 0.5) is 8.78 Å². The molecule has 2 amide bonds. The Labute approximate surface area is 168 Å². The number of amides is 2. The number of hydrogen-bond acceptors (Lipinski definition) is 5. The molecule has 160 valence electrons. The number of ether oxygens (including phenoxy) is 2. The van der Waals surface area contributed by atoms with Crippen molar-refractivity contribution in [3.05, 3.63) is 29.8 Å². The van der Waals surface area contributed by atoms with Crippen LogP contribution in [0.25, 0.3) is 0 Å². The Morgan fingerprint density at radius 2 is 1.97 bits per heavy atom. The van der Waals surface area contributed by atoms with Crippen molar-refractivity contribution in [2.45, 2.75) is 51.9 Å². The third-order valence-electron chi connectivity index (χ3n) is 5.05. The third kappa shape index (κ3) is 6.22. The standard InChI is InChI=1S/C20H26F2N2O5/c1-12(10-17(26)24-20(3)13(2)28-11-16(20)25)8-9-23-18(27)14-4-6-15(7-5-14)29-19(21)22/h4-7,12-13,19H,8-11H2,1-3H3,(H,23,27)(H,24,26). The average Bonchev–Trinajstić information content (AvgIpc) is 2.88. The molecule has 1 aliphatic rings. The van der Waals surface area contributed by atoms with E-state index in [0.717, 1.165) is 0 Å². The van der Waals surface area contributed by atoms with Gasteiger partial charge in [0.1, 0.15) is 17.9 Å². The largest absolute Gasteiger partial charge is 0.435 e. The molecule has 7 nitrogen and oxygen atoms in total. The SMILES string of the molecule is CC(CCNC(=O)c1ccc(OC(F)F)cc1)CC(=O)NC1(C)C(=O)COC1C. The van der Waals surface area contributed by atoms with Crippen LogP contribution >= 0.6 is 0 Å². The fraction of sp³-hybridized carbons (Fsp3) is 0.550. The van der Waals surface area contributed by atoms with E-state index in [1.165, 1.54) is 24.3 Å². The van der Waals surface area contributed by atoms with Crippen LogP contribution in [-0.4, -0.2) is 49.0 Å². The number of ketones is 1. The number of carbonyl (C=O) groups is 3. The molecule has 2 N–H and O–H groups in total. The zero-order valence-corrected chi connectivity index (χ0v) is 16.7. The van der Waals surface area contributed by atoms with Crippen LogP contribution in [0.15, 0.2) is 24.3 Å². The Morgan fingerprint density at radius 1 is 1.31 bits per heavy atom. The molecule has 0 aromatic heterocycles. The van der Waals surface area contributed by atoms with Gasteiger partial charge in [0, 0.05) is 18.5 Å². The summed E-state index contributed by atoms with van der Waals surface area (Å²) >= 11 is 0. The lowest BCUT2D eigenvalue weighted by atomic mass is 9.92. The van der Waals surface area contributed by atoms with Gasteiger partial charge in [-0.15, -0.1) is 0 Å². The quantitative estimate of drug-likeness (QED) is 0.649. The molecule has 1 aliphatic heterocycles. The van der Waals surface area contributed by atoms with E-state index in [-0.39, 0.29) is 48.4 Å². The van der Waals surface area contributed by atoms with Crippen molar-refractivity contribution >= 4 is 17.6 Å². The second kappa shape index (κ2) is 9.78. The van der Waals surface area contributed by atoms with Gasteiger partial charge in [-0.3, -0.25) is 14.4 Å². The molecule has 0 radical (unpaired) electrons. The molecule has 1 aromatic rings. The van der Waals surface area contributed by atoms with E-state index < -0.39 is 12.2 Å². The zero-order chi connectivity index (χ0) is 21.6. The minimum Gasteiger partial charge on any atom is -0.435 e. The molecule has 0 saturated carbocycles. The number of rotatable bonds is 9. The van der Waals surface area contributed by atoms with Gasteiger partial charge in [-0.25, -0.2) is 0 Å². The van der Waals surface area contributed by atoms with Gasteiger partial charge in [0.05, 0.1) is 6.10 Å². The highest BCUT2D eigenvalue weighted by Crippen LogP contribution is 2.22. The Hall–Kier alpha value is -2.55. The molecule has 29 heavy (non-hydrogen) atoms. The minimum atomic E-state index is -2.92. The van der Waals surface area contributed by atoms with E-state index in [4.69, 9.17) is 4.74 Å². The number of nitrogens with one attached hydrogen (secondary N) is 2. The molecule has 0 spiro atoms. The van der Waals surface area contributed by atoms with E-state index in [2.05, 4.69) is 15.4 Å². The van der Waals surface area contributed by atoms with Gasteiger partial charge in [0.15, 0.2) is 5.78 Å². The van der Waals surface area contributed by atoms with Gasteiger partial charge < -0.3 is 20.1 Å². The Balaban J connectivity index is 1.73. The molecule has 3 unspecified atom stereocenters. The minimum absolute atomic E-state index is 0.00519. The van der Waals surface area contributed by atoms with Crippen molar-refractivity contribution in [1.29, 1.82) is 0 Å². The van der Waals surface area contributed by atoms with Crippen LogP contribution in [0.5, 0.6) is 5.75 Å². The van der Waals surface area contributed by atoms with Crippen LogP contribution in [-0.2, 0) is 14.3 Å². The molecule has 3 atom stereocenters. The first-order chi connectivity index (χ1) is 13.6. The first kappa shape index (κ1) is 22.7. The van der Waals surface area contributed by atoms with Crippen LogP contribution in [0.3, 0.4) is 0 Å². The summed E-state index contributed by atoms with van der Waals surface area (Å²) in [4.78, 5) is 36.3. The fourth-order valence-corrected chi connectivity index (χ4v) is 3.00. The molecule has 2 rings (SSSR count). The Bertz CT molecular complexity index is 741. The number of halogens is 2. The highest BCUT2D eigenvalue weighted by atomic mass is 19.3. The van der Waals surface area contributed by atoms with Gasteiger partial charge in [-0.05, 0) is 50.5 Å². The van der Waals surface area contributed by atoms with Crippen LogP contribution in [0.1, 0.15) is 44.0 Å². The number of carbonyl (C=O) groups excluding carboxylic acids is 3. The van der Waals surface area contributed by atoms with E-state index in [9.17, 15) is 23.2 Å². The normalized spacial score (nSPS) is 22.4. The van der Waals surface area contributed by atoms with Gasteiger partial charge in [0.25, 0.3) is 5.91 Å². The van der Waals surface area contributed by atoms with Crippen molar-refractivity contribution in [3.63, 3.8) is 0 Å². The molecule has 1 heterocycles. The number of alkyl halides is 2. The third-order valence-corrected chi connectivity index (χ3v) is 5.05. The predicted octanol–water partition coefficient (Wildman–Crippen LogP) is 2.30. The van der Waals surface area contributed by atoms with Crippen molar-refractivity contribution in [1.82, 2.24) is 10.6 Å². The summed E-state index contributed by atoms with van der Waals surface area (Å²) in [6.07, 6.45) is 0.388. The van der Waals surface area contributed by atoms with E-state index in [1.807, 2.05) is 6.92 Å². The second-order valence-corrected chi connectivity index (χ2v) is 7.38. The highest BCUT2D eigenvalue weighted by molar-refractivity contribution is 5.95. The molecule has 0 aliphatic carbocycles. The molecule has 0 bridgehead atoms. The van der Waals surface area contributed by atoms with Crippen molar-refractivity contribution in [3.8, 4) is 5.75 Å². The van der Waals surface area contributed by atoms with Gasteiger partial charge in [-0.2, -0.15) is 8.78 Å². The summed E-state index contributed by atoms with van der Waals surface area (Å²) in [6, 6.07) is 5.38. The molecular weight excluding hydrogens is 386 g/mol. The molecular formula is C20H26F2N2O5. The topological polar surface area (TPSA) is 93.7 Å². The number of Topliss-reactive ketones (excluding diaryl/α,β-unsaturated/α-hetero) is 1. The smallest absolute Gasteiger partial charge is 0.387 e. The lowest BCUT2D eigenvalue weighted by molar-refractivity contribution is -0.130. The van der Waals surface area contributed by atoms with Crippen molar-refractivity contribution in [2.24, 2.45) is 5.92 Å². The Kier molecular flexibility index (Phi) is 7.66. The molecule has 1 aromatic carbocycles. The predicted molar refractivity (Wildman–Crippen MR) is 101 cm³/mol. The Morgan fingerprint density at radius 3 is 2.52 bits per heavy atom. The maximum atomic E-state index is 12.3. The summed E-state index contributed by atoms with van der Waals surface area (Å²) in [5.74, 6) is -0.783. The van der Waals surface area contributed by atoms with Crippen LogP contribution in [0.2, 0.25) is 0 Å². The molecule has 1 fully saturated rings. The van der Waals surface area contributed by atoms with Gasteiger partial charge in [-0.1, -0.05) is 6.92 Å². The first-order valence-electron chi connectivity index (χ1n) is 9.40. The fourth-order valence-electron chi connectivity index (χ4n) is 3.00. The maximum absolute atomic E-state index is 12.3. The first-order valence-corrected chi connectivity index (χ1v) is 9.40. The summed E-state index contributed by atoms with van der Waals surface area (Å²) in [7, 11) is 0. The summed E-state index contributed by atoms with van der Waals surface area (Å²) in [5, 5.41) is 5.49. The second-order valence-electron chi connectivity index (χ2n) is 7.38. The van der Waals surface area contributed by atoms with Gasteiger partial charge in [0.2, 0.25) is 5.91 Å². The summed E-state index contributed by atoms with van der Waals surface area (Å²) < 4.78 is 33.8. The van der Waals surface area contributed by atoms with Crippen LogP contribution in [0, 0.1) is 5.92 Å². The highest BCUT2D eigenvalue weighted by Gasteiger charge is 2.46. The summed E-state index contributed by atoms with van der Waals surface area (Å²) in [5.41, 5.74) is -0.691. The maximum Gasteiger partial charge on any atom is 0.387 e. The zero-order valence-electron chi connectivity index (χ0n) is 16.7. The van der Waals surface area contributed by atoms with Crippen LogP contribution < -0.4 is 15.4 Å². The number of hydrogen-bond donors (Lipinski definition) is 2. The lowest BCUT2D eigenvalue weighted by Crippen LogP contribution is -2.55. The van der Waals surface area contributed by atoms with Crippen molar-refractivity contribution < 1.29 is 32.6 Å². The summed E-state index contributed by atoms with van der Waals surface area (Å²) in [6.45, 7) is 2.70. The lowest BCUT2D eigenvalue weighted by Gasteiger charge is -2.27. The monoisotopic (exact) mass is 412 g/mol. The van der Waals surface area contributed by atoms with E-state index >= 15 is 0 Å². The molecule has 9 heteroatoms. The van der Waals surface area contributed by atoms with Gasteiger partial charge >= 0.3 is 6.61 Å². The number of benzene rings is 1. The average molecular weight is 412 g/mol. The van der Waals surface area contributed by atoms with E-state index in [1.54, 1.807) is 13.8 Å². The molecule has 1 saturated heterocycles. The van der Waals surface area contributed by atoms with E-state index in [0.29, 0.717) is 18.5 Å².